The second-order valence-electron chi connectivity index (χ2n) is 5.56. The minimum absolute atomic E-state index is 0.0724. The molecule has 0 saturated carbocycles. The van der Waals surface area contributed by atoms with Crippen molar-refractivity contribution in [2.75, 3.05) is 26.0 Å². The monoisotopic (exact) mass is 288 g/mol. The predicted molar refractivity (Wildman–Crippen MR) is 85.2 cm³/mol. The van der Waals surface area contributed by atoms with E-state index in [1.807, 2.05) is 35.3 Å². The highest BCUT2D eigenvalue weighted by atomic mass is 16.3. The molecule has 0 spiro atoms. The van der Waals surface area contributed by atoms with Crippen molar-refractivity contribution in [1.82, 2.24) is 14.7 Å². The number of hydrogen-bond donors (Lipinski definition) is 2. The summed E-state index contributed by atoms with van der Waals surface area (Å²) in [6.45, 7) is 4.02. The van der Waals surface area contributed by atoms with Crippen LogP contribution in [0.4, 0.5) is 5.69 Å². The zero-order valence-corrected chi connectivity index (χ0v) is 13.0. The van der Waals surface area contributed by atoms with Gasteiger partial charge in [0.2, 0.25) is 0 Å². The topological polar surface area (TPSA) is 53.3 Å². The second-order valence-corrected chi connectivity index (χ2v) is 5.56. The van der Waals surface area contributed by atoms with Gasteiger partial charge in [0, 0.05) is 18.8 Å². The molecule has 0 saturated heterocycles. The molecule has 0 aliphatic rings. The van der Waals surface area contributed by atoms with Crippen LogP contribution in [0.15, 0.2) is 36.7 Å². The Morgan fingerprint density at radius 2 is 2.19 bits per heavy atom. The van der Waals surface area contributed by atoms with E-state index in [1.54, 1.807) is 0 Å². The fourth-order valence-corrected chi connectivity index (χ4v) is 2.16. The third-order valence-electron chi connectivity index (χ3n) is 3.43. The van der Waals surface area contributed by atoms with Gasteiger partial charge < -0.3 is 15.3 Å². The van der Waals surface area contributed by atoms with Gasteiger partial charge >= 0.3 is 0 Å². The lowest BCUT2D eigenvalue weighted by Crippen LogP contribution is -2.18. The van der Waals surface area contributed by atoms with Crippen LogP contribution in [0.2, 0.25) is 0 Å². The van der Waals surface area contributed by atoms with Gasteiger partial charge in [0.05, 0.1) is 25.0 Å². The number of benzene rings is 1. The number of rotatable bonds is 7. The molecule has 1 aromatic carbocycles. The summed E-state index contributed by atoms with van der Waals surface area (Å²) in [6.07, 6.45) is 3.87. The van der Waals surface area contributed by atoms with E-state index in [2.05, 4.69) is 42.4 Å². The summed E-state index contributed by atoms with van der Waals surface area (Å²) >= 11 is 0. The molecule has 0 radical (unpaired) electrons. The van der Waals surface area contributed by atoms with Crippen LogP contribution in [0.1, 0.15) is 24.1 Å². The van der Waals surface area contributed by atoms with E-state index in [-0.39, 0.29) is 12.6 Å². The van der Waals surface area contributed by atoms with Crippen molar-refractivity contribution in [2.45, 2.75) is 26.1 Å². The highest BCUT2D eigenvalue weighted by molar-refractivity contribution is 5.42. The Kier molecular flexibility index (Phi) is 5.36. The number of hydrogen-bond acceptors (Lipinski definition) is 4. The third kappa shape index (κ3) is 4.58. The van der Waals surface area contributed by atoms with Gasteiger partial charge in [-0.2, -0.15) is 5.10 Å². The molecule has 5 heteroatoms. The first-order valence-electron chi connectivity index (χ1n) is 7.22. The summed E-state index contributed by atoms with van der Waals surface area (Å²) in [5, 5.41) is 17.0. The predicted octanol–water partition coefficient (Wildman–Crippen LogP) is 2.11. The maximum atomic E-state index is 9.20. The maximum Gasteiger partial charge on any atom is 0.0731 e. The van der Waals surface area contributed by atoms with Crippen molar-refractivity contribution >= 4 is 5.69 Å². The molecule has 1 atom stereocenters. The summed E-state index contributed by atoms with van der Waals surface area (Å²) in [5.74, 6) is 0. The van der Waals surface area contributed by atoms with Gasteiger partial charge in [-0.1, -0.05) is 24.3 Å². The summed E-state index contributed by atoms with van der Waals surface area (Å²) in [4.78, 5) is 2.14. The quantitative estimate of drug-likeness (QED) is 0.819. The Balaban J connectivity index is 1.97. The van der Waals surface area contributed by atoms with Crippen molar-refractivity contribution in [2.24, 2.45) is 0 Å². The van der Waals surface area contributed by atoms with Crippen LogP contribution in [0.5, 0.6) is 0 Å². The third-order valence-corrected chi connectivity index (χ3v) is 3.43. The Morgan fingerprint density at radius 1 is 1.38 bits per heavy atom. The molecule has 1 aromatic heterocycles. The zero-order chi connectivity index (χ0) is 15.2. The average Bonchev–Trinajstić information content (AvgIpc) is 2.92. The molecule has 0 aliphatic heterocycles. The summed E-state index contributed by atoms with van der Waals surface area (Å²) in [6, 6.07) is 8.15. The summed E-state index contributed by atoms with van der Waals surface area (Å²) in [7, 11) is 4.11. The normalized spacial score (nSPS) is 12.6. The van der Waals surface area contributed by atoms with Gasteiger partial charge in [-0.15, -0.1) is 0 Å². The maximum absolute atomic E-state index is 9.20. The van der Waals surface area contributed by atoms with Crippen LogP contribution in [-0.2, 0) is 13.2 Å². The van der Waals surface area contributed by atoms with Crippen molar-refractivity contribution < 1.29 is 5.11 Å². The second kappa shape index (κ2) is 7.24. The van der Waals surface area contributed by atoms with Gasteiger partial charge in [0.1, 0.15) is 0 Å². The average molecular weight is 288 g/mol. The SMILES string of the molecule is CC(Nc1cnn(CCN(C)C)c1)c1cccc(CO)c1. The molecule has 0 aliphatic carbocycles. The smallest absolute Gasteiger partial charge is 0.0731 e. The lowest BCUT2D eigenvalue weighted by atomic mass is 10.1. The number of anilines is 1. The number of aliphatic hydroxyl groups is 1. The number of aromatic nitrogens is 2. The molecule has 1 heterocycles. The first-order chi connectivity index (χ1) is 10.1. The molecule has 2 rings (SSSR count). The van der Waals surface area contributed by atoms with E-state index < -0.39 is 0 Å². The van der Waals surface area contributed by atoms with Gasteiger partial charge in [0.15, 0.2) is 0 Å². The molecule has 1 unspecified atom stereocenters. The van der Waals surface area contributed by atoms with Crippen molar-refractivity contribution in [3.8, 4) is 0 Å². The number of nitrogens with zero attached hydrogens (tertiary/aromatic N) is 3. The van der Waals surface area contributed by atoms with Crippen molar-refractivity contribution in [1.29, 1.82) is 0 Å². The molecule has 2 N–H and O–H groups in total. The van der Waals surface area contributed by atoms with E-state index in [0.29, 0.717) is 0 Å². The number of aliphatic hydroxyl groups excluding tert-OH is 1. The largest absolute Gasteiger partial charge is 0.392 e. The minimum atomic E-state index is 0.0724. The first-order valence-corrected chi connectivity index (χ1v) is 7.22. The van der Waals surface area contributed by atoms with Gasteiger partial charge in [-0.3, -0.25) is 4.68 Å². The summed E-state index contributed by atoms with van der Waals surface area (Å²) in [5.41, 5.74) is 3.10. The Morgan fingerprint density at radius 3 is 2.90 bits per heavy atom. The van der Waals surface area contributed by atoms with Gasteiger partial charge in [0.25, 0.3) is 0 Å². The van der Waals surface area contributed by atoms with E-state index in [1.165, 1.54) is 0 Å². The molecule has 0 amide bonds. The molecule has 21 heavy (non-hydrogen) atoms. The van der Waals surface area contributed by atoms with Crippen LogP contribution in [-0.4, -0.2) is 40.4 Å². The lowest BCUT2D eigenvalue weighted by molar-refractivity contribution is 0.281. The molecule has 0 bridgehead atoms. The van der Waals surface area contributed by atoms with Crippen molar-refractivity contribution in [3.63, 3.8) is 0 Å². The van der Waals surface area contributed by atoms with E-state index in [9.17, 15) is 5.11 Å². The molecule has 5 nitrogen and oxygen atoms in total. The fourth-order valence-electron chi connectivity index (χ4n) is 2.16. The zero-order valence-electron chi connectivity index (χ0n) is 13.0. The van der Waals surface area contributed by atoms with Gasteiger partial charge in [-0.25, -0.2) is 0 Å². The summed E-state index contributed by atoms with van der Waals surface area (Å²) < 4.78 is 1.94. The van der Waals surface area contributed by atoms with E-state index >= 15 is 0 Å². The minimum Gasteiger partial charge on any atom is -0.392 e. The van der Waals surface area contributed by atoms with Gasteiger partial charge in [-0.05, 0) is 32.1 Å². The first kappa shape index (κ1) is 15.5. The fraction of sp³-hybridized carbons (Fsp3) is 0.438. The van der Waals surface area contributed by atoms with Crippen LogP contribution >= 0.6 is 0 Å². The van der Waals surface area contributed by atoms with Crippen LogP contribution in [0, 0.1) is 0 Å². The Bertz CT molecular complexity index is 565. The highest BCUT2D eigenvalue weighted by Gasteiger charge is 2.07. The molecule has 2 aromatic rings. The number of likely N-dealkylation sites (N-methyl/N-ethyl adjacent to an activating group) is 1. The molecular weight excluding hydrogens is 264 g/mol. The van der Waals surface area contributed by atoms with Crippen molar-refractivity contribution in [3.05, 3.63) is 47.8 Å². The molecule has 114 valence electrons. The highest BCUT2D eigenvalue weighted by Crippen LogP contribution is 2.19. The number of nitrogens with one attached hydrogen (secondary N) is 1. The van der Waals surface area contributed by atoms with E-state index in [4.69, 9.17) is 0 Å². The van der Waals surface area contributed by atoms with Crippen LogP contribution in [0.25, 0.3) is 0 Å². The standard InChI is InChI=1S/C16H24N4O/c1-13(15-6-4-5-14(9-15)12-21)18-16-10-17-20(11-16)8-7-19(2)3/h4-6,9-11,13,18,21H,7-8,12H2,1-3H3. The Hall–Kier alpha value is -1.85. The van der Waals surface area contributed by atoms with E-state index in [0.717, 1.165) is 29.9 Å². The Labute approximate surface area is 126 Å². The van der Waals surface area contributed by atoms with Crippen LogP contribution in [0.3, 0.4) is 0 Å². The van der Waals surface area contributed by atoms with Crippen LogP contribution < -0.4 is 5.32 Å². The molecule has 0 fully saturated rings. The molecular formula is C16H24N4O. The lowest BCUT2D eigenvalue weighted by Gasteiger charge is -2.15.